The molecule has 0 saturated heterocycles. The third kappa shape index (κ3) is 7.43. The van der Waals surface area contributed by atoms with E-state index in [4.69, 9.17) is 0 Å². The summed E-state index contributed by atoms with van der Waals surface area (Å²) in [6.07, 6.45) is 10.5. The van der Waals surface area contributed by atoms with Crippen molar-refractivity contribution in [1.29, 1.82) is 0 Å². The van der Waals surface area contributed by atoms with E-state index in [-0.39, 0.29) is 5.91 Å². The standard InChI is InChI=1S/C16H26N2OS/c1-3-5-6-7-8-9-10-16(19)18-17-13-15-12-11-14(4-2)20-15/h11-13H,3-10H2,1-2H3,(H,18,19)/b17-13+. The van der Waals surface area contributed by atoms with E-state index < -0.39 is 0 Å². The number of nitrogens with zero attached hydrogens (tertiary/aromatic N) is 1. The van der Waals surface area contributed by atoms with Gasteiger partial charge in [-0.25, -0.2) is 5.43 Å². The Morgan fingerprint density at radius 2 is 1.95 bits per heavy atom. The molecule has 1 aromatic heterocycles. The van der Waals surface area contributed by atoms with Crippen LogP contribution in [0.2, 0.25) is 0 Å². The Hall–Kier alpha value is -1.16. The van der Waals surface area contributed by atoms with Crippen LogP contribution < -0.4 is 5.43 Å². The molecule has 0 radical (unpaired) electrons. The molecule has 1 N–H and O–H groups in total. The summed E-state index contributed by atoms with van der Waals surface area (Å²) < 4.78 is 0. The van der Waals surface area contributed by atoms with Gasteiger partial charge in [0.15, 0.2) is 0 Å². The number of nitrogens with one attached hydrogen (secondary N) is 1. The van der Waals surface area contributed by atoms with Crippen molar-refractivity contribution in [2.45, 2.75) is 65.2 Å². The molecule has 0 aliphatic rings. The van der Waals surface area contributed by atoms with Gasteiger partial charge in [-0.15, -0.1) is 11.3 Å². The van der Waals surface area contributed by atoms with Gasteiger partial charge in [0, 0.05) is 16.2 Å². The van der Waals surface area contributed by atoms with Gasteiger partial charge in [0.2, 0.25) is 5.91 Å². The molecule has 0 atom stereocenters. The molecule has 0 bridgehead atoms. The average molecular weight is 294 g/mol. The Morgan fingerprint density at radius 3 is 2.65 bits per heavy atom. The van der Waals surface area contributed by atoms with E-state index in [0.717, 1.165) is 24.1 Å². The molecule has 20 heavy (non-hydrogen) atoms. The number of hydrazone groups is 1. The molecule has 3 nitrogen and oxygen atoms in total. The van der Waals surface area contributed by atoms with Gasteiger partial charge >= 0.3 is 0 Å². The third-order valence-corrected chi connectivity index (χ3v) is 4.33. The largest absolute Gasteiger partial charge is 0.273 e. The summed E-state index contributed by atoms with van der Waals surface area (Å²) in [5, 5.41) is 4.00. The van der Waals surface area contributed by atoms with E-state index in [2.05, 4.69) is 30.4 Å². The monoisotopic (exact) mass is 294 g/mol. The van der Waals surface area contributed by atoms with Crippen LogP contribution in [0.15, 0.2) is 17.2 Å². The highest BCUT2D eigenvalue weighted by molar-refractivity contribution is 7.13. The van der Waals surface area contributed by atoms with Gasteiger partial charge in [0.25, 0.3) is 0 Å². The Bertz CT molecular complexity index is 412. The summed E-state index contributed by atoms with van der Waals surface area (Å²) in [4.78, 5) is 14.0. The maximum Gasteiger partial charge on any atom is 0.240 e. The van der Waals surface area contributed by atoms with Crippen LogP contribution in [0.1, 0.15) is 68.5 Å². The SMILES string of the molecule is CCCCCCCCC(=O)N/N=C/c1ccc(CC)s1. The lowest BCUT2D eigenvalue weighted by atomic mass is 10.1. The number of unbranched alkanes of at least 4 members (excludes halogenated alkanes) is 5. The van der Waals surface area contributed by atoms with Gasteiger partial charge in [-0.05, 0) is 25.0 Å². The minimum Gasteiger partial charge on any atom is -0.273 e. The lowest BCUT2D eigenvalue weighted by Crippen LogP contribution is -2.16. The number of hydrogen-bond donors (Lipinski definition) is 1. The quantitative estimate of drug-likeness (QED) is 0.385. The molecule has 0 aliphatic heterocycles. The number of hydrogen-bond acceptors (Lipinski definition) is 3. The van der Waals surface area contributed by atoms with Crippen LogP contribution in [-0.2, 0) is 11.2 Å². The first-order chi connectivity index (χ1) is 9.76. The van der Waals surface area contributed by atoms with Crippen LogP contribution >= 0.6 is 11.3 Å². The molecule has 0 saturated carbocycles. The first-order valence-electron chi connectivity index (χ1n) is 7.66. The van der Waals surface area contributed by atoms with Crippen molar-refractivity contribution in [3.05, 3.63) is 21.9 Å². The fraction of sp³-hybridized carbons (Fsp3) is 0.625. The highest BCUT2D eigenvalue weighted by Crippen LogP contribution is 2.14. The molecule has 1 heterocycles. The number of rotatable bonds is 10. The highest BCUT2D eigenvalue weighted by atomic mass is 32.1. The van der Waals surface area contributed by atoms with Gasteiger partial charge in [0.05, 0.1) is 6.21 Å². The second-order valence-electron chi connectivity index (χ2n) is 4.97. The van der Waals surface area contributed by atoms with Crippen LogP contribution in [0, 0.1) is 0 Å². The lowest BCUT2D eigenvalue weighted by Gasteiger charge is -2.00. The predicted molar refractivity (Wildman–Crippen MR) is 87.4 cm³/mol. The second-order valence-corrected chi connectivity index (χ2v) is 6.17. The first kappa shape index (κ1) is 16.9. The van der Waals surface area contributed by atoms with Crippen molar-refractivity contribution in [2.75, 3.05) is 0 Å². The molecule has 1 amide bonds. The first-order valence-corrected chi connectivity index (χ1v) is 8.48. The topological polar surface area (TPSA) is 41.5 Å². The van der Waals surface area contributed by atoms with E-state index in [9.17, 15) is 4.79 Å². The zero-order valence-corrected chi connectivity index (χ0v) is 13.5. The van der Waals surface area contributed by atoms with Gasteiger partial charge in [-0.2, -0.15) is 5.10 Å². The second kappa shape index (κ2) is 10.6. The summed E-state index contributed by atoms with van der Waals surface area (Å²) in [7, 11) is 0. The van der Waals surface area contributed by atoms with Crippen LogP contribution in [-0.4, -0.2) is 12.1 Å². The highest BCUT2D eigenvalue weighted by Gasteiger charge is 1.99. The van der Waals surface area contributed by atoms with E-state index >= 15 is 0 Å². The van der Waals surface area contributed by atoms with Crippen LogP contribution in [0.4, 0.5) is 0 Å². The maximum absolute atomic E-state index is 11.6. The number of carbonyl (C=O) groups excluding carboxylic acids is 1. The zero-order chi connectivity index (χ0) is 14.6. The fourth-order valence-corrected chi connectivity index (χ4v) is 2.77. The Labute approximate surface area is 126 Å². The van der Waals surface area contributed by atoms with Gasteiger partial charge in [-0.1, -0.05) is 46.0 Å². The smallest absolute Gasteiger partial charge is 0.240 e. The number of carbonyl (C=O) groups is 1. The van der Waals surface area contributed by atoms with E-state index in [0.29, 0.717) is 6.42 Å². The Balaban J connectivity index is 2.10. The zero-order valence-electron chi connectivity index (χ0n) is 12.7. The van der Waals surface area contributed by atoms with Crippen LogP contribution in [0.3, 0.4) is 0 Å². The molecule has 4 heteroatoms. The van der Waals surface area contributed by atoms with Crippen molar-refractivity contribution in [3.63, 3.8) is 0 Å². The molecule has 1 rings (SSSR count). The van der Waals surface area contributed by atoms with Crippen LogP contribution in [0.25, 0.3) is 0 Å². The van der Waals surface area contributed by atoms with Crippen molar-refractivity contribution < 1.29 is 4.79 Å². The third-order valence-electron chi connectivity index (χ3n) is 3.17. The predicted octanol–water partition coefficient (Wildman–Crippen LogP) is 4.51. The van der Waals surface area contributed by atoms with Crippen molar-refractivity contribution in [3.8, 4) is 0 Å². The van der Waals surface area contributed by atoms with Gasteiger partial charge in [-0.3, -0.25) is 4.79 Å². The summed E-state index contributed by atoms with van der Waals surface area (Å²) in [6, 6.07) is 4.14. The van der Waals surface area contributed by atoms with E-state index in [1.165, 1.54) is 30.6 Å². The number of amides is 1. The van der Waals surface area contributed by atoms with E-state index in [1.807, 2.05) is 6.07 Å². The molecule has 0 unspecified atom stereocenters. The molecule has 112 valence electrons. The van der Waals surface area contributed by atoms with Crippen molar-refractivity contribution in [2.24, 2.45) is 5.10 Å². The van der Waals surface area contributed by atoms with Crippen molar-refractivity contribution >= 4 is 23.5 Å². The molecule has 0 fully saturated rings. The van der Waals surface area contributed by atoms with E-state index in [1.54, 1.807) is 17.6 Å². The molecule has 0 aromatic carbocycles. The molecule has 0 spiro atoms. The molecule has 0 aliphatic carbocycles. The Kier molecular flexibility index (Phi) is 8.96. The van der Waals surface area contributed by atoms with Crippen LogP contribution in [0.5, 0.6) is 0 Å². The van der Waals surface area contributed by atoms with Gasteiger partial charge < -0.3 is 0 Å². The lowest BCUT2D eigenvalue weighted by molar-refractivity contribution is -0.121. The Morgan fingerprint density at radius 1 is 1.20 bits per heavy atom. The molecule has 1 aromatic rings. The number of thiophene rings is 1. The fourth-order valence-electron chi connectivity index (χ4n) is 1.94. The average Bonchev–Trinajstić information content (AvgIpc) is 2.90. The molecular formula is C16H26N2OS. The summed E-state index contributed by atoms with van der Waals surface area (Å²) >= 11 is 1.71. The molecular weight excluding hydrogens is 268 g/mol. The van der Waals surface area contributed by atoms with Crippen molar-refractivity contribution in [1.82, 2.24) is 5.43 Å². The minimum absolute atomic E-state index is 0.0176. The minimum atomic E-state index is 0.0176. The maximum atomic E-state index is 11.6. The summed E-state index contributed by atoms with van der Waals surface area (Å²) in [6.45, 7) is 4.34. The number of aryl methyl sites for hydroxylation is 1. The summed E-state index contributed by atoms with van der Waals surface area (Å²) in [5.74, 6) is 0.0176. The summed E-state index contributed by atoms with van der Waals surface area (Å²) in [5.41, 5.74) is 2.60. The van der Waals surface area contributed by atoms with Gasteiger partial charge in [0.1, 0.15) is 0 Å². The normalized spacial score (nSPS) is 11.1.